The average Bonchev–Trinajstić information content (AvgIpc) is 2.40. The van der Waals surface area contributed by atoms with Crippen LogP contribution in [0.3, 0.4) is 0 Å². The van der Waals surface area contributed by atoms with Crippen LogP contribution in [0.5, 0.6) is 0 Å². The SMILES string of the molecule is [B]C([B])([B])OC1CN(c2ncc(C(C)C)c3cc(Cl)ncc23)C1. The Labute approximate surface area is 145 Å². The van der Waals surface area contributed by atoms with Crippen molar-refractivity contribution in [1.82, 2.24) is 9.97 Å². The van der Waals surface area contributed by atoms with E-state index in [2.05, 4.69) is 28.7 Å². The zero-order valence-electron chi connectivity index (χ0n) is 13.2. The minimum atomic E-state index is -1.61. The maximum Gasteiger partial charge on any atom is 0.138 e. The summed E-state index contributed by atoms with van der Waals surface area (Å²) in [5, 5.41) is 0.905. The van der Waals surface area contributed by atoms with Gasteiger partial charge in [0, 0.05) is 30.9 Å². The number of anilines is 1. The third-order valence-corrected chi connectivity index (χ3v) is 4.10. The summed E-state index contributed by atoms with van der Waals surface area (Å²) in [6.07, 6.45) is 3.54. The normalized spacial score (nSPS) is 16.1. The van der Waals surface area contributed by atoms with Gasteiger partial charge in [-0.25, -0.2) is 9.97 Å². The number of aromatic nitrogens is 2. The van der Waals surface area contributed by atoms with Gasteiger partial charge in [-0.3, -0.25) is 0 Å². The zero-order valence-corrected chi connectivity index (χ0v) is 13.9. The third-order valence-electron chi connectivity index (χ3n) is 3.89. The van der Waals surface area contributed by atoms with Crippen LogP contribution in [0, 0.1) is 0 Å². The molecule has 8 heteroatoms. The van der Waals surface area contributed by atoms with Crippen LogP contribution < -0.4 is 4.90 Å². The molecule has 0 unspecified atom stereocenters. The van der Waals surface area contributed by atoms with Gasteiger partial charge in [-0.05, 0) is 28.2 Å². The van der Waals surface area contributed by atoms with Gasteiger partial charge in [0.2, 0.25) is 0 Å². The largest absolute Gasteiger partial charge is 0.396 e. The molecule has 3 rings (SSSR count). The van der Waals surface area contributed by atoms with Gasteiger partial charge < -0.3 is 9.64 Å². The summed E-state index contributed by atoms with van der Waals surface area (Å²) in [5.41, 5.74) is 1.14. The number of hydrogen-bond donors (Lipinski definition) is 0. The predicted octanol–water partition coefficient (Wildman–Crippen LogP) is 1.73. The highest BCUT2D eigenvalue weighted by atomic mass is 35.5. The van der Waals surface area contributed by atoms with E-state index in [4.69, 9.17) is 39.9 Å². The van der Waals surface area contributed by atoms with Gasteiger partial charge >= 0.3 is 0 Å². The van der Waals surface area contributed by atoms with Gasteiger partial charge in [0.05, 0.1) is 29.6 Å². The first-order valence-corrected chi connectivity index (χ1v) is 7.86. The number of ether oxygens (including phenoxy) is 1. The van der Waals surface area contributed by atoms with Crippen LogP contribution in [0.2, 0.25) is 5.15 Å². The van der Waals surface area contributed by atoms with Crippen molar-refractivity contribution >= 4 is 51.7 Å². The lowest BCUT2D eigenvalue weighted by Gasteiger charge is -2.43. The first-order valence-electron chi connectivity index (χ1n) is 7.48. The molecule has 0 bridgehead atoms. The molecule has 0 spiro atoms. The van der Waals surface area contributed by atoms with Crippen LogP contribution in [0.1, 0.15) is 25.3 Å². The van der Waals surface area contributed by atoms with Gasteiger partial charge in [-0.15, -0.1) is 0 Å². The second kappa shape index (κ2) is 6.02. The first kappa shape index (κ1) is 16.7. The molecule has 3 heterocycles. The van der Waals surface area contributed by atoms with Crippen LogP contribution in [0.4, 0.5) is 5.82 Å². The van der Waals surface area contributed by atoms with Crippen molar-refractivity contribution in [3.63, 3.8) is 0 Å². The fourth-order valence-electron chi connectivity index (χ4n) is 2.80. The van der Waals surface area contributed by atoms with E-state index < -0.39 is 5.30 Å². The van der Waals surface area contributed by atoms with E-state index in [-0.39, 0.29) is 6.10 Å². The van der Waals surface area contributed by atoms with Crippen molar-refractivity contribution in [2.75, 3.05) is 18.0 Å². The summed E-state index contributed by atoms with van der Waals surface area (Å²) in [5.74, 6) is 1.20. The number of halogens is 1. The lowest BCUT2D eigenvalue weighted by molar-refractivity contribution is 0.0277. The molecular formula is C15H15B3ClN3O. The van der Waals surface area contributed by atoms with Crippen molar-refractivity contribution < 1.29 is 4.74 Å². The Morgan fingerprint density at radius 1 is 1.22 bits per heavy atom. The molecule has 1 fully saturated rings. The fourth-order valence-corrected chi connectivity index (χ4v) is 2.96. The highest BCUT2D eigenvalue weighted by Crippen LogP contribution is 2.34. The second-order valence-corrected chi connectivity index (χ2v) is 6.63. The lowest BCUT2D eigenvalue weighted by Crippen LogP contribution is -2.56. The summed E-state index contributed by atoms with van der Waals surface area (Å²) < 4.78 is 5.35. The Hall–Kier alpha value is -1.20. The molecule has 0 saturated carbocycles. The third kappa shape index (κ3) is 3.51. The molecular weight excluding hydrogens is 306 g/mol. The van der Waals surface area contributed by atoms with Crippen molar-refractivity contribution in [2.45, 2.75) is 31.2 Å². The van der Waals surface area contributed by atoms with Crippen molar-refractivity contribution in [3.8, 4) is 0 Å². The second-order valence-electron chi connectivity index (χ2n) is 6.24. The number of hydrogen-bond acceptors (Lipinski definition) is 4. The van der Waals surface area contributed by atoms with E-state index >= 15 is 0 Å². The predicted molar refractivity (Wildman–Crippen MR) is 95.7 cm³/mol. The Balaban J connectivity index is 1.90. The van der Waals surface area contributed by atoms with Crippen LogP contribution in [-0.4, -0.2) is 58.0 Å². The molecule has 0 atom stereocenters. The van der Waals surface area contributed by atoms with E-state index in [1.807, 2.05) is 12.3 Å². The summed E-state index contributed by atoms with van der Waals surface area (Å²) >= 11 is 6.06. The molecule has 23 heavy (non-hydrogen) atoms. The Morgan fingerprint density at radius 3 is 2.52 bits per heavy atom. The highest BCUT2D eigenvalue weighted by Gasteiger charge is 2.32. The van der Waals surface area contributed by atoms with E-state index in [1.54, 1.807) is 6.20 Å². The number of pyridine rings is 2. The van der Waals surface area contributed by atoms with Crippen LogP contribution in [-0.2, 0) is 4.74 Å². The average molecular weight is 321 g/mol. The molecule has 1 aliphatic rings. The zero-order chi connectivity index (χ0) is 16.8. The van der Waals surface area contributed by atoms with Gasteiger partial charge in [0.25, 0.3) is 0 Å². The summed E-state index contributed by atoms with van der Waals surface area (Å²) in [7, 11) is 16.4. The van der Waals surface area contributed by atoms with E-state index in [0.717, 1.165) is 22.2 Å². The summed E-state index contributed by atoms with van der Waals surface area (Å²) in [6, 6.07) is 1.88. The molecule has 2 aromatic heterocycles. The minimum absolute atomic E-state index is 0.114. The van der Waals surface area contributed by atoms with Gasteiger partial charge in [-0.2, -0.15) is 0 Å². The van der Waals surface area contributed by atoms with Crippen LogP contribution >= 0.6 is 11.6 Å². The lowest BCUT2D eigenvalue weighted by atomic mass is 9.52. The van der Waals surface area contributed by atoms with Crippen molar-refractivity contribution in [3.05, 3.63) is 29.2 Å². The molecule has 4 nitrogen and oxygen atoms in total. The highest BCUT2D eigenvalue weighted by molar-refractivity contribution is 6.58. The monoisotopic (exact) mass is 321 g/mol. The van der Waals surface area contributed by atoms with Crippen molar-refractivity contribution in [2.24, 2.45) is 0 Å². The number of rotatable bonds is 4. The maximum absolute atomic E-state index is 6.06. The van der Waals surface area contributed by atoms with Crippen LogP contribution in [0.15, 0.2) is 18.5 Å². The molecule has 0 aliphatic carbocycles. The Bertz CT molecular complexity index is 730. The standard InChI is InChI=1S/C15H15B3ClN3O/c1-8(2)11-4-21-14(12-5-20-13(19)3-10(11)12)22-6-9(7-22)23-15(16,17)18/h3-5,8-9H,6-7H2,1-2H3. The Morgan fingerprint density at radius 2 is 1.91 bits per heavy atom. The molecule has 2 aromatic rings. The Kier molecular flexibility index (Phi) is 4.36. The van der Waals surface area contributed by atoms with Gasteiger partial charge in [-0.1, -0.05) is 25.4 Å². The molecule has 1 saturated heterocycles. The summed E-state index contributed by atoms with van der Waals surface area (Å²) in [6.45, 7) is 5.50. The van der Waals surface area contributed by atoms with E-state index in [9.17, 15) is 0 Å². The molecule has 0 aromatic carbocycles. The fraction of sp³-hybridized carbons (Fsp3) is 0.467. The molecule has 0 N–H and O–H groups in total. The maximum atomic E-state index is 6.06. The van der Waals surface area contributed by atoms with Crippen LogP contribution in [0.25, 0.3) is 10.8 Å². The number of nitrogens with zero attached hydrogens (tertiary/aromatic N) is 3. The van der Waals surface area contributed by atoms with E-state index in [1.165, 1.54) is 0 Å². The summed E-state index contributed by atoms with van der Waals surface area (Å²) in [4.78, 5) is 10.9. The van der Waals surface area contributed by atoms with E-state index in [0.29, 0.717) is 24.2 Å². The molecule has 1 aliphatic heterocycles. The van der Waals surface area contributed by atoms with Gasteiger partial charge in [0.1, 0.15) is 11.0 Å². The van der Waals surface area contributed by atoms with Gasteiger partial charge in [0.15, 0.2) is 0 Å². The minimum Gasteiger partial charge on any atom is -0.396 e. The van der Waals surface area contributed by atoms with Crippen molar-refractivity contribution in [1.29, 1.82) is 0 Å². The quantitative estimate of drug-likeness (QED) is 0.635. The smallest absolute Gasteiger partial charge is 0.138 e. The topological polar surface area (TPSA) is 38.2 Å². The first-order chi connectivity index (χ1) is 10.7. The molecule has 6 radical (unpaired) electrons. The number of fused-ring (bicyclic) bond motifs is 1. The molecule has 112 valence electrons. The molecule has 0 amide bonds.